The van der Waals surface area contributed by atoms with Gasteiger partial charge in [0.25, 0.3) is 0 Å². The van der Waals surface area contributed by atoms with Crippen LogP contribution in [0.3, 0.4) is 0 Å². The third-order valence-corrected chi connectivity index (χ3v) is 3.26. The third kappa shape index (κ3) is 0.988. The number of hydrogen-bond acceptors (Lipinski definition) is 1. The number of fused-ring (bicyclic) bond motifs is 1. The Morgan fingerprint density at radius 2 is 1.70 bits per heavy atom. The van der Waals surface area contributed by atoms with Gasteiger partial charge in [-0.15, -0.1) is 0 Å². The predicted octanol–water partition coefficient (Wildman–Crippen LogP) is 1.05. The van der Waals surface area contributed by atoms with E-state index in [-0.39, 0.29) is 0 Å². The monoisotopic (exact) mass is 135 g/mol. The molecule has 0 N–H and O–H groups in total. The molecule has 1 aliphatic heterocycles. The van der Waals surface area contributed by atoms with Gasteiger partial charge in [-0.2, -0.15) is 0 Å². The van der Waals surface area contributed by atoms with E-state index in [1.54, 1.807) is 0 Å². The van der Waals surface area contributed by atoms with Crippen LogP contribution >= 0.6 is 0 Å². The van der Waals surface area contributed by atoms with Gasteiger partial charge in [-0.1, -0.05) is 6.92 Å². The van der Waals surface area contributed by atoms with E-state index in [2.05, 4.69) is 6.92 Å². The van der Waals surface area contributed by atoms with Crippen LogP contribution in [0.2, 0.25) is 0 Å². The summed E-state index contributed by atoms with van der Waals surface area (Å²) in [5.74, 6) is 3.05. The fraction of sp³-hybridized carbons (Fsp3) is 1.00. The van der Waals surface area contributed by atoms with Crippen molar-refractivity contribution in [3.05, 3.63) is 0 Å². The molecule has 2 fully saturated rings. The second-order valence-electron chi connectivity index (χ2n) is 3.80. The molecule has 1 heterocycles. The average Bonchev–Trinajstić information content (AvgIpc) is 2.56. The normalized spacial score (nSPS) is 47.9. The average molecular weight is 135 g/mol. The second-order valence-corrected chi connectivity index (χ2v) is 3.80. The lowest BCUT2D eigenvalue weighted by molar-refractivity contribution is 0.434. The summed E-state index contributed by atoms with van der Waals surface area (Å²) in [5.41, 5.74) is 0. The van der Waals surface area contributed by atoms with Crippen LogP contribution in [0.4, 0.5) is 0 Å². The number of nitrogens with zero attached hydrogens (tertiary/aromatic N) is 1. The molecule has 2 radical (unpaired) electrons. The molecule has 2 aliphatic rings. The lowest BCUT2D eigenvalue weighted by Crippen LogP contribution is -2.21. The van der Waals surface area contributed by atoms with Crippen LogP contribution in [-0.2, 0) is 0 Å². The molecule has 2 unspecified atom stereocenters. The Bertz CT molecular complexity index is 123. The van der Waals surface area contributed by atoms with E-state index in [0.717, 1.165) is 30.8 Å². The summed E-state index contributed by atoms with van der Waals surface area (Å²) in [7, 11) is 5.70. The molecule has 0 aromatic heterocycles. The first-order valence-electron chi connectivity index (χ1n) is 4.28. The fourth-order valence-electron chi connectivity index (χ4n) is 2.33. The van der Waals surface area contributed by atoms with Gasteiger partial charge in [-0.3, -0.25) is 0 Å². The third-order valence-electron chi connectivity index (χ3n) is 3.26. The zero-order valence-electron chi connectivity index (χ0n) is 6.59. The van der Waals surface area contributed by atoms with Gasteiger partial charge in [0, 0.05) is 0 Å². The summed E-state index contributed by atoms with van der Waals surface area (Å²) >= 11 is 0. The van der Waals surface area contributed by atoms with Gasteiger partial charge in [-0.25, -0.2) is 0 Å². The molecule has 0 aromatic carbocycles. The first-order valence-corrected chi connectivity index (χ1v) is 4.28. The van der Waals surface area contributed by atoms with Crippen LogP contribution < -0.4 is 0 Å². The smallest absolute Gasteiger partial charge is 0.182 e. The minimum atomic E-state index is 1.01. The topological polar surface area (TPSA) is 3.24 Å². The van der Waals surface area contributed by atoms with Gasteiger partial charge in [-0.05, 0) is 43.7 Å². The van der Waals surface area contributed by atoms with E-state index in [9.17, 15) is 0 Å². The highest BCUT2D eigenvalue weighted by atomic mass is 15.0. The first-order chi connectivity index (χ1) is 4.79. The van der Waals surface area contributed by atoms with Crippen molar-refractivity contribution in [1.82, 2.24) is 4.81 Å². The Morgan fingerprint density at radius 1 is 1.20 bits per heavy atom. The molecule has 0 amide bonds. The van der Waals surface area contributed by atoms with Gasteiger partial charge < -0.3 is 4.81 Å². The highest BCUT2D eigenvalue weighted by molar-refractivity contribution is 6.04. The van der Waals surface area contributed by atoms with Crippen LogP contribution in [0.25, 0.3) is 0 Å². The van der Waals surface area contributed by atoms with Gasteiger partial charge in [0.15, 0.2) is 7.98 Å². The van der Waals surface area contributed by atoms with E-state index >= 15 is 0 Å². The van der Waals surface area contributed by atoms with Crippen molar-refractivity contribution < 1.29 is 0 Å². The lowest BCUT2D eigenvalue weighted by Gasteiger charge is -2.13. The molecule has 0 spiro atoms. The minimum absolute atomic E-state index is 1.01. The quantitative estimate of drug-likeness (QED) is 0.448. The molecule has 1 saturated carbocycles. The Labute approximate surface area is 64.2 Å². The molecule has 1 saturated heterocycles. The Kier molecular flexibility index (Phi) is 1.52. The maximum Gasteiger partial charge on any atom is 0.182 e. The van der Waals surface area contributed by atoms with Crippen molar-refractivity contribution in [2.45, 2.75) is 19.8 Å². The molecule has 54 valence electrons. The molecule has 10 heavy (non-hydrogen) atoms. The molecule has 0 bridgehead atoms. The molecule has 1 aliphatic carbocycles. The summed E-state index contributed by atoms with van der Waals surface area (Å²) in [4.78, 5) is 1.97. The van der Waals surface area contributed by atoms with Gasteiger partial charge in [0.1, 0.15) is 0 Å². The highest BCUT2D eigenvalue weighted by Crippen LogP contribution is 2.51. The largest absolute Gasteiger partial charge is 0.353 e. The highest BCUT2D eigenvalue weighted by Gasteiger charge is 2.46. The summed E-state index contributed by atoms with van der Waals surface area (Å²) in [6.07, 6.45) is 2.67. The summed E-state index contributed by atoms with van der Waals surface area (Å²) in [5, 5.41) is 0. The van der Waals surface area contributed by atoms with Crippen molar-refractivity contribution >= 4 is 7.98 Å². The molecule has 3 atom stereocenters. The fourth-order valence-corrected chi connectivity index (χ4v) is 2.33. The summed E-state index contributed by atoms with van der Waals surface area (Å²) in [6, 6.07) is 0. The minimum Gasteiger partial charge on any atom is -0.353 e. The maximum absolute atomic E-state index is 5.70. The predicted molar refractivity (Wildman–Crippen MR) is 42.7 cm³/mol. The van der Waals surface area contributed by atoms with E-state index in [1.165, 1.54) is 12.8 Å². The van der Waals surface area contributed by atoms with Crippen LogP contribution in [0.5, 0.6) is 0 Å². The van der Waals surface area contributed by atoms with Gasteiger partial charge in [0.05, 0.1) is 0 Å². The molecule has 0 aromatic rings. The summed E-state index contributed by atoms with van der Waals surface area (Å²) < 4.78 is 0. The van der Waals surface area contributed by atoms with Crippen LogP contribution in [0.1, 0.15) is 19.8 Å². The Balaban J connectivity index is 1.91. The number of rotatable bonds is 0. The van der Waals surface area contributed by atoms with Gasteiger partial charge in [0.2, 0.25) is 0 Å². The Hall–Kier alpha value is 0.0249. The van der Waals surface area contributed by atoms with Gasteiger partial charge >= 0.3 is 0 Å². The zero-order chi connectivity index (χ0) is 7.14. The van der Waals surface area contributed by atoms with Crippen LogP contribution in [0, 0.1) is 17.8 Å². The second kappa shape index (κ2) is 2.26. The Morgan fingerprint density at radius 3 is 2.20 bits per heavy atom. The van der Waals surface area contributed by atoms with E-state index < -0.39 is 0 Å². The lowest BCUT2D eigenvalue weighted by atomic mass is 10.2. The van der Waals surface area contributed by atoms with Crippen LogP contribution in [0.15, 0.2) is 0 Å². The molecule has 2 heteroatoms. The van der Waals surface area contributed by atoms with Crippen LogP contribution in [-0.4, -0.2) is 25.9 Å². The molecule has 1 nitrogen and oxygen atoms in total. The molecular weight excluding hydrogens is 121 g/mol. The number of hydrogen-bond donors (Lipinski definition) is 0. The van der Waals surface area contributed by atoms with Crippen molar-refractivity contribution in [3.63, 3.8) is 0 Å². The molecular formula is C8H14BN. The van der Waals surface area contributed by atoms with E-state index in [1.807, 2.05) is 4.81 Å². The zero-order valence-corrected chi connectivity index (χ0v) is 6.59. The van der Waals surface area contributed by atoms with E-state index in [4.69, 9.17) is 7.98 Å². The molecule has 2 rings (SSSR count). The summed E-state index contributed by atoms with van der Waals surface area (Å²) in [6.45, 7) is 4.61. The van der Waals surface area contributed by atoms with Crippen molar-refractivity contribution in [2.24, 2.45) is 17.8 Å². The first kappa shape index (κ1) is 6.72. The van der Waals surface area contributed by atoms with E-state index in [0.29, 0.717) is 0 Å². The maximum atomic E-state index is 5.70. The SMILES string of the molecule is [B]N1CCC2C(C)[C@@H]2CC1. The van der Waals surface area contributed by atoms with Crippen molar-refractivity contribution in [1.29, 1.82) is 0 Å². The standard InChI is InChI=1S/C8H14BN/c1-6-7-2-4-10(9)5-3-8(6)7/h6-8H,2-5H2,1H3/t6?,7-,8?/m0/s1. The van der Waals surface area contributed by atoms with Crippen molar-refractivity contribution in [2.75, 3.05) is 13.1 Å². The van der Waals surface area contributed by atoms with Crippen molar-refractivity contribution in [3.8, 4) is 0 Å².